The van der Waals surface area contributed by atoms with E-state index < -0.39 is 11.8 Å². The molecule has 6 heteroatoms. The zero-order valence-corrected chi connectivity index (χ0v) is 12.7. The lowest BCUT2D eigenvalue weighted by atomic mass is 10.1. The molecule has 5 nitrogen and oxygen atoms in total. The summed E-state index contributed by atoms with van der Waals surface area (Å²) in [6, 6.07) is 8.57. The number of methoxy groups -OCH3 is 1. The number of halogens is 1. The quantitative estimate of drug-likeness (QED) is 0.660. The second kappa shape index (κ2) is 7.27. The number of hydrogen-bond acceptors (Lipinski definition) is 4. The molecule has 0 amide bonds. The summed E-state index contributed by atoms with van der Waals surface area (Å²) in [5.41, 5.74) is 1.51. The first-order chi connectivity index (χ1) is 11.1. The molecule has 23 heavy (non-hydrogen) atoms. The number of carbonyl (C=O) groups is 1. The molecule has 1 N–H and O–H groups in total. The Kier molecular flexibility index (Phi) is 5.15. The maximum absolute atomic E-state index is 13.3. The van der Waals surface area contributed by atoms with Crippen LogP contribution in [0, 0.1) is 12.4 Å². The van der Waals surface area contributed by atoms with Crippen LogP contribution in [-0.4, -0.2) is 19.7 Å². The molecule has 2 aromatic carbocycles. The van der Waals surface area contributed by atoms with Crippen molar-refractivity contribution in [1.29, 1.82) is 0 Å². The molecule has 0 aliphatic carbocycles. The summed E-state index contributed by atoms with van der Waals surface area (Å²) in [7, 11) is 1.42. The van der Waals surface area contributed by atoms with Gasteiger partial charge in [-0.15, -0.1) is 0 Å². The van der Waals surface area contributed by atoms with E-state index in [1.54, 1.807) is 6.92 Å². The molecule has 2 aromatic rings. The van der Waals surface area contributed by atoms with Crippen LogP contribution < -0.4 is 10.1 Å². The van der Waals surface area contributed by atoms with Gasteiger partial charge in [0, 0.05) is 11.8 Å². The second-order valence-electron chi connectivity index (χ2n) is 4.53. The molecule has 0 aromatic heterocycles. The third kappa shape index (κ3) is 3.77. The molecule has 0 aliphatic rings. The van der Waals surface area contributed by atoms with Crippen molar-refractivity contribution in [2.75, 3.05) is 19.0 Å². The van der Waals surface area contributed by atoms with Crippen LogP contribution in [0.25, 0.3) is 4.85 Å². The SMILES string of the molecule is [C-]#[N+]c1ccc(C(=O)OCC)c(Nc2ccc(F)cc2OC)c1. The molecule has 0 radical (unpaired) electrons. The lowest BCUT2D eigenvalue weighted by Crippen LogP contribution is -2.08. The summed E-state index contributed by atoms with van der Waals surface area (Å²) in [6.45, 7) is 9.04. The molecule has 0 bridgehead atoms. The van der Waals surface area contributed by atoms with Crippen LogP contribution >= 0.6 is 0 Å². The van der Waals surface area contributed by atoms with Crippen LogP contribution in [-0.2, 0) is 4.74 Å². The average molecular weight is 314 g/mol. The minimum absolute atomic E-state index is 0.239. The molecule has 0 fully saturated rings. The van der Waals surface area contributed by atoms with E-state index in [2.05, 4.69) is 10.2 Å². The van der Waals surface area contributed by atoms with Crippen LogP contribution in [0.5, 0.6) is 5.75 Å². The van der Waals surface area contributed by atoms with Crippen LogP contribution in [0.15, 0.2) is 36.4 Å². The van der Waals surface area contributed by atoms with Gasteiger partial charge < -0.3 is 14.8 Å². The Morgan fingerprint density at radius 3 is 2.70 bits per heavy atom. The molecule has 118 valence electrons. The predicted octanol–water partition coefficient (Wildman–Crippen LogP) is 4.31. The lowest BCUT2D eigenvalue weighted by Gasteiger charge is -2.14. The average Bonchev–Trinajstić information content (AvgIpc) is 2.56. The molecule has 0 aliphatic heterocycles. The summed E-state index contributed by atoms with van der Waals surface area (Å²) >= 11 is 0. The van der Waals surface area contributed by atoms with Gasteiger partial charge in [0.25, 0.3) is 0 Å². The number of anilines is 2. The molecule has 0 atom stereocenters. The van der Waals surface area contributed by atoms with Crippen molar-refractivity contribution >= 4 is 23.0 Å². The van der Waals surface area contributed by atoms with Gasteiger partial charge in [0.05, 0.1) is 31.5 Å². The number of benzene rings is 2. The maximum Gasteiger partial charge on any atom is 0.340 e. The molecule has 0 saturated carbocycles. The van der Waals surface area contributed by atoms with E-state index in [4.69, 9.17) is 16.0 Å². The van der Waals surface area contributed by atoms with E-state index in [-0.39, 0.29) is 17.9 Å². The summed E-state index contributed by atoms with van der Waals surface area (Å²) in [5.74, 6) is -0.659. The molecule has 0 saturated heterocycles. The third-order valence-corrected chi connectivity index (χ3v) is 3.06. The smallest absolute Gasteiger partial charge is 0.340 e. The van der Waals surface area contributed by atoms with Gasteiger partial charge in [-0.25, -0.2) is 14.0 Å². The van der Waals surface area contributed by atoms with Crippen molar-refractivity contribution in [3.8, 4) is 5.75 Å². The zero-order chi connectivity index (χ0) is 16.8. The van der Waals surface area contributed by atoms with Gasteiger partial charge in [0.15, 0.2) is 5.69 Å². The minimum Gasteiger partial charge on any atom is -0.494 e. The number of carbonyl (C=O) groups excluding carboxylic acids is 1. The topological polar surface area (TPSA) is 51.9 Å². The standard InChI is InChI=1S/C17H15FN2O3/c1-4-23-17(21)13-7-6-12(19-2)10-15(13)20-14-8-5-11(18)9-16(14)22-3/h5-10,20H,4H2,1,3H3. The highest BCUT2D eigenvalue weighted by atomic mass is 19.1. The Hall–Kier alpha value is -3.07. The summed E-state index contributed by atoms with van der Waals surface area (Å²) in [4.78, 5) is 15.4. The molecular weight excluding hydrogens is 299 g/mol. The van der Waals surface area contributed by atoms with Crippen molar-refractivity contribution in [2.24, 2.45) is 0 Å². The van der Waals surface area contributed by atoms with Gasteiger partial charge >= 0.3 is 5.97 Å². The Morgan fingerprint density at radius 1 is 1.26 bits per heavy atom. The molecule has 0 heterocycles. The first-order valence-corrected chi connectivity index (χ1v) is 6.88. The highest BCUT2D eigenvalue weighted by molar-refractivity contribution is 5.97. The second-order valence-corrected chi connectivity index (χ2v) is 4.53. The fourth-order valence-electron chi connectivity index (χ4n) is 2.01. The van der Waals surface area contributed by atoms with Gasteiger partial charge in [0.1, 0.15) is 11.6 Å². The van der Waals surface area contributed by atoms with Gasteiger partial charge in [-0.2, -0.15) is 0 Å². The summed E-state index contributed by atoms with van der Waals surface area (Å²) in [6.07, 6.45) is 0. The van der Waals surface area contributed by atoms with Crippen molar-refractivity contribution < 1.29 is 18.7 Å². The van der Waals surface area contributed by atoms with Crippen molar-refractivity contribution in [3.63, 3.8) is 0 Å². The van der Waals surface area contributed by atoms with Gasteiger partial charge in [-0.05, 0) is 25.1 Å². The fourth-order valence-corrected chi connectivity index (χ4v) is 2.01. The number of hydrogen-bond donors (Lipinski definition) is 1. The highest BCUT2D eigenvalue weighted by Gasteiger charge is 2.15. The fraction of sp³-hybridized carbons (Fsp3) is 0.176. The van der Waals surface area contributed by atoms with Gasteiger partial charge in [-0.3, -0.25) is 0 Å². The van der Waals surface area contributed by atoms with Crippen molar-refractivity contribution in [3.05, 3.63) is 59.2 Å². The highest BCUT2D eigenvalue weighted by Crippen LogP contribution is 2.32. The molecule has 0 unspecified atom stereocenters. The van der Waals surface area contributed by atoms with E-state index >= 15 is 0 Å². The maximum atomic E-state index is 13.3. The zero-order valence-electron chi connectivity index (χ0n) is 12.7. The largest absolute Gasteiger partial charge is 0.494 e. The van der Waals surface area contributed by atoms with E-state index in [0.29, 0.717) is 17.1 Å². The number of rotatable bonds is 5. The van der Waals surface area contributed by atoms with Crippen molar-refractivity contribution in [1.82, 2.24) is 0 Å². The molecule has 0 spiro atoms. The minimum atomic E-state index is -0.507. The Balaban J connectivity index is 2.45. The van der Waals surface area contributed by atoms with E-state index in [1.807, 2.05) is 0 Å². The molecule has 2 rings (SSSR count). The monoisotopic (exact) mass is 314 g/mol. The Labute approximate surface area is 133 Å². The Bertz CT molecular complexity index is 769. The first kappa shape index (κ1) is 16.3. The van der Waals surface area contributed by atoms with Crippen LogP contribution in [0.3, 0.4) is 0 Å². The summed E-state index contributed by atoms with van der Waals surface area (Å²) in [5, 5.41) is 3.00. The number of nitrogens with zero attached hydrogens (tertiary/aromatic N) is 1. The summed E-state index contributed by atoms with van der Waals surface area (Å²) < 4.78 is 23.4. The van der Waals surface area contributed by atoms with Gasteiger partial charge in [0.2, 0.25) is 0 Å². The van der Waals surface area contributed by atoms with Crippen LogP contribution in [0.1, 0.15) is 17.3 Å². The predicted molar refractivity (Wildman–Crippen MR) is 84.9 cm³/mol. The molecular formula is C17H15FN2O3. The van der Waals surface area contributed by atoms with E-state index in [9.17, 15) is 9.18 Å². The van der Waals surface area contributed by atoms with Crippen LogP contribution in [0.4, 0.5) is 21.5 Å². The Morgan fingerprint density at radius 2 is 2.04 bits per heavy atom. The van der Waals surface area contributed by atoms with Gasteiger partial charge in [-0.1, -0.05) is 12.1 Å². The first-order valence-electron chi connectivity index (χ1n) is 6.88. The third-order valence-electron chi connectivity index (χ3n) is 3.06. The van der Waals surface area contributed by atoms with Crippen molar-refractivity contribution in [2.45, 2.75) is 6.92 Å². The van der Waals surface area contributed by atoms with E-state index in [1.165, 1.54) is 43.5 Å². The van der Waals surface area contributed by atoms with Crippen LogP contribution in [0.2, 0.25) is 0 Å². The van der Waals surface area contributed by atoms with E-state index in [0.717, 1.165) is 0 Å². The number of nitrogens with one attached hydrogen (secondary N) is 1. The lowest BCUT2D eigenvalue weighted by molar-refractivity contribution is 0.0527. The normalized spacial score (nSPS) is 9.83. The number of ether oxygens (including phenoxy) is 2. The number of esters is 1.